The third-order valence-electron chi connectivity index (χ3n) is 7.76. The van der Waals surface area contributed by atoms with E-state index in [2.05, 4.69) is 43.4 Å². The number of carbonyl (C=O) groups is 1. The van der Waals surface area contributed by atoms with Gasteiger partial charge >= 0.3 is 0 Å². The molecule has 0 atom stereocenters. The van der Waals surface area contributed by atoms with Crippen LogP contribution < -0.4 is 5.32 Å². The maximum atomic E-state index is 13.1. The molecule has 6 rings (SSSR count). The van der Waals surface area contributed by atoms with Crippen LogP contribution in [0.4, 0.5) is 5.69 Å². The average Bonchev–Trinajstić information content (AvgIpc) is 2.87. The second-order valence-electron chi connectivity index (χ2n) is 10.3. The summed E-state index contributed by atoms with van der Waals surface area (Å²) in [6, 6.07) is 8.53. The maximum absolute atomic E-state index is 13.1. The van der Waals surface area contributed by atoms with Gasteiger partial charge in [0, 0.05) is 6.42 Å². The highest BCUT2D eigenvalue weighted by Crippen LogP contribution is 2.61. The van der Waals surface area contributed by atoms with Gasteiger partial charge in [-0.15, -0.1) is 0 Å². The van der Waals surface area contributed by atoms with Crippen molar-refractivity contribution in [1.29, 1.82) is 0 Å². The van der Waals surface area contributed by atoms with Crippen LogP contribution in [-0.2, 0) is 11.3 Å². The Morgan fingerprint density at radius 3 is 2.38 bits per heavy atom. The Labute approximate surface area is 174 Å². The molecule has 0 aliphatic heterocycles. The van der Waals surface area contributed by atoms with E-state index >= 15 is 0 Å². The summed E-state index contributed by atoms with van der Waals surface area (Å²) in [5, 5.41) is 7.97. The van der Waals surface area contributed by atoms with Crippen LogP contribution in [0.15, 0.2) is 24.3 Å². The molecule has 2 aromatic rings. The minimum atomic E-state index is 0.188. The molecule has 154 valence electrons. The lowest BCUT2D eigenvalue weighted by Gasteiger charge is -2.56. The lowest BCUT2D eigenvalue weighted by atomic mass is 9.49. The van der Waals surface area contributed by atoms with E-state index in [9.17, 15) is 4.79 Å². The quantitative estimate of drug-likeness (QED) is 0.741. The van der Waals surface area contributed by atoms with Gasteiger partial charge in [0.25, 0.3) is 0 Å². The van der Waals surface area contributed by atoms with Crippen LogP contribution in [0.3, 0.4) is 0 Å². The molecule has 4 aliphatic rings. The predicted octanol–water partition coefficient (Wildman–Crippen LogP) is 5.40. The normalized spacial score (nSPS) is 30.0. The Bertz CT molecular complexity index is 906. The lowest BCUT2D eigenvalue weighted by molar-refractivity contribution is -0.124. The van der Waals surface area contributed by atoms with E-state index in [1.54, 1.807) is 0 Å². The molecule has 0 radical (unpaired) electrons. The van der Waals surface area contributed by atoms with Gasteiger partial charge in [-0.05, 0) is 88.0 Å². The van der Waals surface area contributed by atoms with E-state index in [0.29, 0.717) is 6.42 Å². The number of nitrogens with one attached hydrogen (secondary N) is 1. The van der Waals surface area contributed by atoms with Crippen molar-refractivity contribution < 1.29 is 4.79 Å². The van der Waals surface area contributed by atoms with E-state index in [-0.39, 0.29) is 11.3 Å². The predicted molar refractivity (Wildman–Crippen MR) is 116 cm³/mol. The van der Waals surface area contributed by atoms with Gasteiger partial charge in [-0.3, -0.25) is 9.48 Å². The summed E-state index contributed by atoms with van der Waals surface area (Å²) in [6.45, 7) is 6.91. The molecule has 0 spiro atoms. The second-order valence-corrected chi connectivity index (χ2v) is 10.3. The van der Waals surface area contributed by atoms with Crippen molar-refractivity contribution in [2.75, 3.05) is 5.32 Å². The van der Waals surface area contributed by atoms with Gasteiger partial charge in [0.1, 0.15) is 0 Å². The van der Waals surface area contributed by atoms with Crippen molar-refractivity contribution in [3.05, 3.63) is 46.8 Å². The zero-order valence-corrected chi connectivity index (χ0v) is 18.0. The summed E-state index contributed by atoms with van der Waals surface area (Å²) < 4.78 is 2.02. The smallest absolute Gasteiger partial charge is 0.225 e. The molecule has 1 amide bonds. The van der Waals surface area contributed by atoms with Gasteiger partial charge in [0.05, 0.1) is 23.6 Å². The molecule has 1 heterocycles. The molecule has 1 aromatic carbocycles. The van der Waals surface area contributed by atoms with Crippen molar-refractivity contribution in [3.63, 3.8) is 0 Å². The number of aryl methyl sites for hydroxylation is 2. The molecule has 4 saturated carbocycles. The van der Waals surface area contributed by atoms with Crippen LogP contribution in [0.1, 0.15) is 67.5 Å². The number of hydrogen-bond acceptors (Lipinski definition) is 2. The molecule has 0 saturated heterocycles. The Kier molecular flexibility index (Phi) is 4.56. The molecule has 4 nitrogen and oxygen atoms in total. The highest BCUT2D eigenvalue weighted by Gasteiger charge is 2.51. The summed E-state index contributed by atoms with van der Waals surface area (Å²) >= 11 is 0. The Morgan fingerprint density at radius 1 is 1.10 bits per heavy atom. The fourth-order valence-electron chi connectivity index (χ4n) is 7.05. The van der Waals surface area contributed by atoms with Crippen LogP contribution in [-0.4, -0.2) is 15.7 Å². The van der Waals surface area contributed by atoms with Crippen LogP contribution in [0, 0.1) is 43.9 Å². The van der Waals surface area contributed by atoms with E-state index in [1.165, 1.54) is 49.7 Å². The highest BCUT2D eigenvalue weighted by molar-refractivity contribution is 5.92. The summed E-state index contributed by atoms with van der Waals surface area (Å²) in [7, 11) is 0. The van der Waals surface area contributed by atoms with Gasteiger partial charge in [0.15, 0.2) is 0 Å². The van der Waals surface area contributed by atoms with Gasteiger partial charge in [-0.2, -0.15) is 5.10 Å². The summed E-state index contributed by atoms with van der Waals surface area (Å²) in [5.74, 6) is 2.84. The summed E-state index contributed by atoms with van der Waals surface area (Å²) in [6.07, 6.45) is 8.78. The Hall–Kier alpha value is -2.10. The molecule has 4 heteroatoms. The third kappa shape index (κ3) is 3.62. The lowest BCUT2D eigenvalue weighted by Crippen LogP contribution is -2.47. The van der Waals surface area contributed by atoms with Crippen molar-refractivity contribution >= 4 is 11.6 Å². The van der Waals surface area contributed by atoms with Crippen LogP contribution in [0.2, 0.25) is 0 Å². The van der Waals surface area contributed by atoms with Crippen molar-refractivity contribution in [2.45, 2.75) is 72.3 Å². The minimum absolute atomic E-state index is 0.188. The molecule has 4 fully saturated rings. The van der Waals surface area contributed by atoms with Crippen LogP contribution >= 0.6 is 0 Å². The molecule has 29 heavy (non-hydrogen) atoms. The van der Waals surface area contributed by atoms with E-state index in [4.69, 9.17) is 5.10 Å². The first-order chi connectivity index (χ1) is 13.9. The zero-order chi connectivity index (χ0) is 20.2. The third-order valence-corrected chi connectivity index (χ3v) is 7.76. The number of benzene rings is 1. The first kappa shape index (κ1) is 18.9. The summed E-state index contributed by atoms with van der Waals surface area (Å²) in [5.41, 5.74) is 5.64. The monoisotopic (exact) mass is 391 g/mol. The van der Waals surface area contributed by atoms with Gasteiger partial charge in [0.2, 0.25) is 5.91 Å². The minimum Gasteiger partial charge on any atom is -0.323 e. The zero-order valence-electron chi connectivity index (χ0n) is 18.0. The number of rotatable bonds is 5. The van der Waals surface area contributed by atoms with Gasteiger partial charge < -0.3 is 5.32 Å². The molecular formula is C25H33N3O. The second kappa shape index (κ2) is 7.00. The van der Waals surface area contributed by atoms with Gasteiger partial charge in [-0.25, -0.2) is 0 Å². The number of anilines is 1. The Balaban J connectivity index is 1.29. The largest absolute Gasteiger partial charge is 0.323 e. The fourth-order valence-corrected chi connectivity index (χ4v) is 7.05. The number of nitrogens with zero attached hydrogens (tertiary/aromatic N) is 2. The van der Waals surface area contributed by atoms with Crippen molar-refractivity contribution in [3.8, 4) is 0 Å². The SMILES string of the molecule is Cc1cccc(Cn2nc(C)c(NC(=O)CC34CC5CC(CC(C5)C3)C4)c2C)c1. The number of hydrogen-bond donors (Lipinski definition) is 1. The number of carbonyl (C=O) groups excluding carboxylic acids is 1. The number of aromatic nitrogens is 2. The van der Waals surface area contributed by atoms with Crippen molar-refractivity contribution in [2.24, 2.45) is 23.2 Å². The Morgan fingerprint density at radius 2 is 1.76 bits per heavy atom. The molecule has 4 aliphatic carbocycles. The topological polar surface area (TPSA) is 46.9 Å². The van der Waals surface area contributed by atoms with E-state index in [1.807, 2.05) is 11.6 Å². The van der Waals surface area contributed by atoms with Crippen LogP contribution in [0.5, 0.6) is 0 Å². The van der Waals surface area contributed by atoms with E-state index in [0.717, 1.165) is 41.4 Å². The van der Waals surface area contributed by atoms with E-state index < -0.39 is 0 Å². The first-order valence-corrected chi connectivity index (χ1v) is 11.3. The number of amides is 1. The molecular weight excluding hydrogens is 358 g/mol. The summed E-state index contributed by atoms with van der Waals surface area (Å²) in [4.78, 5) is 13.1. The molecule has 0 unspecified atom stereocenters. The highest BCUT2D eigenvalue weighted by atomic mass is 16.1. The fraction of sp³-hybridized carbons (Fsp3) is 0.600. The maximum Gasteiger partial charge on any atom is 0.225 e. The average molecular weight is 392 g/mol. The molecule has 4 bridgehead atoms. The van der Waals surface area contributed by atoms with Crippen molar-refractivity contribution in [1.82, 2.24) is 9.78 Å². The van der Waals surface area contributed by atoms with Gasteiger partial charge in [-0.1, -0.05) is 29.8 Å². The molecule has 1 aromatic heterocycles. The van der Waals surface area contributed by atoms with Crippen LogP contribution in [0.25, 0.3) is 0 Å². The molecule has 1 N–H and O–H groups in total. The first-order valence-electron chi connectivity index (χ1n) is 11.3. The standard InChI is InChI=1S/C25H33N3O/c1-16-5-4-6-19(7-16)15-28-18(3)24(17(2)27-28)26-23(29)14-25-11-20-8-21(12-25)10-22(9-20)13-25/h4-7,20-22H,8-15H2,1-3H3,(H,26,29).